The number of halogens is 2. The second-order valence-electron chi connectivity index (χ2n) is 4.81. The average Bonchev–Trinajstić information content (AvgIpc) is 2.56. The minimum absolute atomic E-state index is 0.0174. The highest BCUT2D eigenvalue weighted by atomic mass is 19.1. The first kappa shape index (κ1) is 17.4. The molecule has 0 bridgehead atoms. The predicted octanol–water partition coefficient (Wildman–Crippen LogP) is 3.46. The maximum atomic E-state index is 13.5. The van der Waals surface area contributed by atoms with Crippen molar-refractivity contribution in [3.8, 4) is 0 Å². The Kier molecular flexibility index (Phi) is 5.83. The van der Waals surface area contributed by atoms with Gasteiger partial charge in [-0.1, -0.05) is 12.1 Å². The van der Waals surface area contributed by atoms with Crippen molar-refractivity contribution in [2.75, 3.05) is 11.9 Å². The van der Waals surface area contributed by atoms with Gasteiger partial charge < -0.3 is 15.4 Å². The van der Waals surface area contributed by atoms with Gasteiger partial charge in [0.15, 0.2) is 0 Å². The molecule has 24 heavy (non-hydrogen) atoms. The molecular weight excluding hydrogens is 318 g/mol. The van der Waals surface area contributed by atoms with Crippen LogP contribution in [0.2, 0.25) is 0 Å². The summed E-state index contributed by atoms with van der Waals surface area (Å²) in [4.78, 5) is 23.7. The summed E-state index contributed by atoms with van der Waals surface area (Å²) in [5, 5.41) is 4.89. The topological polar surface area (TPSA) is 67.4 Å². The van der Waals surface area contributed by atoms with Crippen molar-refractivity contribution in [1.29, 1.82) is 0 Å². The molecule has 126 valence electrons. The quantitative estimate of drug-likeness (QED) is 0.823. The predicted molar refractivity (Wildman–Crippen MR) is 84.6 cm³/mol. The van der Waals surface area contributed by atoms with Crippen molar-refractivity contribution in [1.82, 2.24) is 5.32 Å². The van der Waals surface area contributed by atoms with Crippen LogP contribution in [-0.4, -0.2) is 18.6 Å². The number of urea groups is 1. The molecule has 2 aromatic rings. The van der Waals surface area contributed by atoms with Crippen LogP contribution < -0.4 is 10.6 Å². The van der Waals surface area contributed by atoms with E-state index in [1.807, 2.05) is 0 Å². The number of anilines is 1. The number of carbonyl (C=O) groups excluding carboxylic acids is 2. The molecule has 0 aliphatic carbocycles. The molecule has 0 atom stereocenters. The van der Waals surface area contributed by atoms with Crippen molar-refractivity contribution >= 4 is 17.7 Å². The summed E-state index contributed by atoms with van der Waals surface area (Å²) in [6, 6.07) is 8.66. The molecule has 0 aliphatic rings. The summed E-state index contributed by atoms with van der Waals surface area (Å²) in [5.74, 6) is -1.78. The van der Waals surface area contributed by atoms with Gasteiger partial charge in [-0.15, -0.1) is 0 Å². The molecule has 0 saturated heterocycles. The van der Waals surface area contributed by atoms with Crippen molar-refractivity contribution < 1.29 is 23.1 Å². The Hall–Kier alpha value is -2.96. The van der Waals surface area contributed by atoms with Gasteiger partial charge in [-0.2, -0.15) is 0 Å². The van der Waals surface area contributed by atoms with E-state index in [4.69, 9.17) is 4.74 Å². The SMILES string of the molecule is CCOC(=O)c1ccccc1NC(=O)NCc1cc(F)ccc1F. The molecule has 2 N–H and O–H groups in total. The number of nitrogens with one attached hydrogen (secondary N) is 2. The Morgan fingerprint density at radius 2 is 1.88 bits per heavy atom. The highest BCUT2D eigenvalue weighted by molar-refractivity contribution is 6.00. The zero-order valence-electron chi connectivity index (χ0n) is 12.9. The van der Waals surface area contributed by atoms with Gasteiger partial charge in [-0.3, -0.25) is 0 Å². The lowest BCUT2D eigenvalue weighted by Gasteiger charge is -2.11. The third-order valence-corrected chi connectivity index (χ3v) is 3.12. The molecule has 7 heteroatoms. The summed E-state index contributed by atoms with van der Waals surface area (Å²) < 4.78 is 31.5. The fourth-order valence-electron chi connectivity index (χ4n) is 2.00. The summed E-state index contributed by atoms with van der Waals surface area (Å²) in [7, 11) is 0. The van der Waals surface area contributed by atoms with E-state index in [1.54, 1.807) is 19.1 Å². The second-order valence-corrected chi connectivity index (χ2v) is 4.81. The Morgan fingerprint density at radius 3 is 2.62 bits per heavy atom. The van der Waals surface area contributed by atoms with Gasteiger partial charge in [0.1, 0.15) is 11.6 Å². The Bertz CT molecular complexity index is 750. The summed E-state index contributed by atoms with van der Waals surface area (Å²) in [6.07, 6.45) is 0. The zero-order chi connectivity index (χ0) is 17.5. The molecule has 5 nitrogen and oxygen atoms in total. The molecular formula is C17H16F2N2O3. The lowest BCUT2D eigenvalue weighted by Crippen LogP contribution is -2.29. The highest BCUT2D eigenvalue weighted by Gasteiger charge is 2.14. The number of amides is 2. The number of carbonyl (C=O) groups is 2. The van der Waals surface area contributed by atoms with E-state index in [-0.39, 0.29) is 30.0 Å². The maximum absolute atomic E-state index is 13.5. The molecule has 0 spiro atoms. The molecule has 0 unspecified atom stereocenters. The van der Waals surface area contributed by atoms with E-state index in [9.17, 15) is 18.4 Å². The molecule has 2 rings (SSSR count). The molecule has 0 fully saturated rings. The van der Waals surface area contributed by atoms with Gasteiger partial charge in [0.2, 0.25) is 0 Å². The van der Waals surface area contributed by atoms with Crippen molar-refractivity contribution in [3.05, 3.63) is 65.2 Å². The lowest BCUT2D eigenvalue weighted by molar-refractivity contribution is 0.0527. The van der Waals surface area contributed by atoms with Crippen LogP contribution in [0.15, 0.2) is 42.5 Å². The molecule has 2 aromatic carbocycles. The van der Waals surface area contributed by atoms with Crippen LogP contribution in [0.3, 0.4) is 0 Å². The number of esters is 1. The zero-order valence-corrected chi connectivity index (χ0v) is 12.9. The third kappa shape index (κ3) is 4.52. The van der Waals surface area contributed by atoms with Crippen LogP contribution in [0.1, 0.15) is 22.8 Å². The van der Waals surface area contributed by atoms with Crippen LogP contribution in [0.5, 0.6) is 0 Å². The fourth-order valence-corrected chi connectivity index (χ4v) is 2.00. The van der Waals surface area contributed by atoms with Gasteiger partial charge in [-0.05, 0) is 37.3 Å². The lowest BCUT2D eigenvalue weighted by atomic mass is 10.2. The van der Waals surface area contributed by atoms with Crippen LogP contribution >= 0.6 is 0 Å². The number of benzene rings is 2. The van der Waals surface area contributed by atoms with Crippen LogP contribution in [0.4, 0.5) is 19.3 Å². The maximum Gasteiger partial charge on any atom is 0.340 e. The molecule has 0 aliphatic heterocycles. The van der Waals surface area contributed by atoms with Crippen LogP contribution in [0.25, 0.3) is 0 Å². The Labute approximate surface area is 137 Å². The monoisotopic (exact) mass is 334 g/mol. The summed E-state index contributed by atoms with van der Waals surface area (Å²) in [5.41, 5.74) is 0.475. The Morgan fingerprint density at radius 1 is 1.12 bits per heavy atom. The standard InChI is InChI=1S/C17H16F2N2O3/c1-2-24-16(22)13-5-3-4-6-15(13)21-17(23)20-10-11-9-12(18)7-8-14(11)19/h3-9H,2,10H2,1H3,(H2,20,21,23). The van der Waals surface area contributed by atoms with E-state index in [0.717, 1.165) is 18.2 Å². The second kappa shape index (κ2) is 8.05. The van der Waals surface area contributed by atoms with E-state index < -0.39 is 23.6 Å². The first-order chi connectivity index (χ1) is 11.5. The minimum atomic E-state index is -0.657. The molecule has 0 aromatic heterocycles. The van der Waals surface area contributed by atoms with Crippen LogP contribution in [-0.2, 0) is 11.3 Å². The van der Waals surface area contributed by atoms with Crippen molar-refractivity contribution in [2.45, 2.75) is 13.5 Å². The van der Waals surface area contributed by atoms with Crippen molar-refractivity contribution in [3.63, 3.8) is 0 Å². The number of hydrogen-bond acceptors (Lipinski definition) is 3. The fraction of sp³-hybridized carbons (Fsp3) is 0.176. The van der Waals surface area contributed by atoms with Crippen molar-refractivity contribution in [2.24, 2.45) is 0 Å². The van der Waals surface area contributed by atoms with E-state index in [0.29, 0.717) is 0 Å². The normalized spacial score (nSPS) is 10.1. The van der Waals surface area contributed by atoms with Gasteiger partial charge >= 0.3 is 12.0 Å². The number of rotatable bonds is 5. The minimum Gasteiger partial charge on any atom is -0.462 e. The summed E-state index contributed by atoms with van der Waals surface area (Å²) >= 11 is 0. The number of hydrogen-bond donors (Lipinski definition) is 2. The van der Waals surface area contributed by atoms with Gasteiger partial charge in [-0.25, -0.2) is 18.4 Å². The van der Waals surface area contributed by atoms with Crippen LogP contribution in [0, 0.1) is 11.6 Å². The molecule has 0 saturated carbocycles. The highest BCUT2D eigenvalue weighted by Crippen LogP contribution is 2.16. The van der Waals surface area contributed by atoms with Gasteiger partial charge in [0.05, 0.1) is 17.9 Å². The molecule has 0 heterocycles. The largest absolute Gasteiger partial charge is 0.462 e. The summed E-state index contributed by atoms with van der Waals surface area (Å²) in [6.45, 7) is 1.68. The number of para-hydroxylation sites is 1. The van der Waals surface area contributed by atoms with Gasteiger partial charge in [0.25, 0.3) is 0 Å². The van der Waals surface area contributed by atoms with E-state index in [1.165, 1.54) is 12.1 Å². The van der Waals surface area contributed by atoms with Gasteiger partial charge in [0, 0.05) is 12.1 Å². The smallest absolute Gasteiger partial charge is 0.340 e. The Balaban J connectivity index is 2.02. The molecule has 2 amide bonds. The first-order valence-electron chi connectivity index (χ1n) is 7.26. The van der Waals surface area contributed by atoms with E-state index in [2.05, 4.69) is 10.6 Å². The molecule has 0 radical (unpaired) electrons. The third-order valence-electron chi connectivity index (χ3n) is 3.12. The average molecular weight is 334 g/mol. The van der Waals surface area contributed by atoms with E-state index >= 15 is 0 Å². The first-order valence-corrected chi connectivity index (χ1v) is 7.26. The number of ether oxygens (including phenoxy) is 1.